The molecule has 0 aliphatic rings. The third-order valence-corrected chi connectivity index (χ3v) is 2.45. The molecule has 0 aliphatic carbocycles. The van der Waals surface area contributed by atoms with Crippen molar-refractivity contribution in [1.82, 2.24) is 10.2 Å². The van der Waals surface area contributed by atoms with E-state index < -0.39 is 25.0 Å². The van der Waals surface area contributed by atoms with Crippen molar-refractivity contribution in [2.75, 3.05) is 27.2 Å². The van der Waals surface area contributed by atoms with Crippen LogP contribution in [-0.2, 0) is 6.54 Å². The van der Waals surface area contributed by atoms with E-state index in [4.69, 9.17) is 5.11 Å². The topological polar surface area (TPSA) is 52.6 Å². The third-order valence-electron chi connectivity index (χ3n) is 2.45. The molecular formula is C13H18F2N2O2. The Morgan fingerprint density at radius 1 is 1.32 bits per heavy atom. The van der Waals surface area contributed by atoms with Gasteiger partial charge in [-0.1, -0.05) is 12.1 Å². The second kappa shape index (κ2) is 6.58. The Morgan fingerprint density at radius 2 is 1.89 bits per heavy atom. The number of hydrogen-bond donors (Lipinski definition) is 2. The number of halogens is 2. The zero-order valence-electron chi connectivity index (χ0n) is 11.0. The van der Waals surface area contributed by atoms with Crippen molar-refractivity contribution in [3.05, 3.63) is 35.4 Å². The fourth-order valence-electron chi connectivity index (χ4n) is 1.49. The van der Waals surface area contributed by atoms with Crippen LogP contribution in [0.2, 0.25) is 0 Å². The molecule has 0 heterocycles. The number of benzene rings is 1. The molecule has 0 aromatic heterocycles. The summed E-state index contributed by atoms with van der Waals surface area (Å²) in [7, 11) is 3.86. The number of aliphatic hydroxyl groups is 1. The number of nitrogens with one attached hydrogen (secondary N) is 1. The summed E-state index contributed by atoms with van der Waals surface area (Å²) in [6.07, 6.45) is 0. The highest BCUT2D eigenvalue weighted by atomic mass is 19.3. The molecule has 1 aromatic rings. The molecule has 6 heteroatoms. The molecular weight excluding hydrogens is 254 g/mol. The second-order valence-electron chi connectivity index (χ2n) is 4.63. The van der Waals surface area contributed by atoms with E-state index in [1.165, 1.54) is 0 Å². The van der Waals surface area contributed by atoms with Crippen LogP contribution >= 0.6 is 0 Å². The van der Waals surface area contributed by atoms with Crippen molar-refractivity contribution >= 4 is 5.91 Å². The van der Waals surface area contributed by atoms with Crippen molar-refractivity contribution < 1.29 is 18.7 Å². The van der Waals surface area contributed by atoms with Crippen LogP contribution in [0, 0.1) is 0 Å². The van der Waals surface area contributed by atoms with Crippen molar-refractivity contribution in [2.45, 2.75) is 12.5 Å². The molecule has 1 aromatic carbocycles. The number of aliphatic hydroxyl groups excluding tert-OH is 1. The van der Waals surface area contributed by atoms with Gasteiger partial charge in [0.1, 0.15) is 6.61 Å². The SMILES string of the molecule is CN(C)Cc1ccc(C(=O)NCC(F)(F)CO)cc1. The molecule has 0 unspecified atom stereocenters. The van der Waals surface area contributed by atoms with Gasteiger partial charge in [-0.2, -0.15) is 0 Å². The Balaban J connectivity index is 2.58. The minimum atomic E-state index is -3.29. The van der Waals surface area contributed by atoms with Crippen LogP contribution < -0.4 is 5.32 Å². The number of nitrogens with zero attached hydrogens (tertiary/aromatic N) is 1. The maximum atomic E-state index is 12.8. The molecule has 0 radical (unpaired) electrons. The van der Waals surface area contributed by atoms with E-state index in [2.05, 4.69) is 5.32 Å². The van der Waals surface area contributed by atoms with E-state index in [-0.39, 0.29) is 0 Å². The number of carbonyl (C=O) groups excluding carboxylic acids is 1. The smallest absolute Gasteiger partial charge is 0.287 e. The number of carbonyl (C=O) groups is 1. The predicted octanol–water partition coefficient (Wildman–Crippen LogP) is 1.11. The first-order valence-corrected chi connectivity index (χ1v) is 5.84. The highest BCUT2D eigenvalue weighted by Crippen LogP contribution is 2.11. The average Bonchev–Trinajstić information content (AvgIpc) is 2.36. The van der Waals surface area contributed by atoms with Gasteiger partial charge in [0.05, 0.1) is 6.54 Å². The van der Waals surface area contributed by atoms with Gasteiger partial charge in [0.15, 0.2) is 0 Å². The molecule has 0 aliphatic heterocycles. The van der Waals surface area contributed by atoms with Crippen molar-refractivity contribution in [1.29, 1.82) is 0 Å². The summed E-state index contributed by atoms with van der Waals surface area (Å²) in [5, 5.41) is 10.5. The summed E-state index contributed by atoms with van der Waals surface area (Å²) < 4.78 is 25.5. The van der Waals surface area contributed by atoms with Gasteiger partial charge >= 0.3 is 0 Å². The van der Waals surface area contributed by atoms with E-state index in [0.717, 1.165) is 12.1 Å². The lowest BCUT2D eigenvalue weighted by atomic mass is 10.1. The minimum Gasteiger partial charge on any atom is -0.390 e. The summed E-state index contributed by atoms with van der Waals surface area (Å²) in [5.74, 6) is -3.87. The Kier molecular flexibility index (Phi) is 5.38. The molecule has 0 saturated heterocycles. The van der Waals surface area contributed by atoms with Crippen LogP contribution in [0.4, 0.5) is 8.78 Å². The predicted molar refractivity (Wildman–Crippen MR) is 68.2 cm³/mol. The fraction of sp³-hybridized carbons (Fsp3) is 0.462. The van der Waals surface area contributed by atoms with Crippen molar-refractivity contribution in [2.24, 2.45) is 0 Å². The summed E-state index contributed by atoms with van der Waals surface area (Å²) >= 11 is 0. The average molecular weight is 272 g/mol. The van der Waals surface area contributed by atoms with Gasteiger partial charge in [-0.25, -0.2) is 8.78 Å². The standard InChI is InChI=1S/C13H18F2N2O2/c1-17(2)7-10-3-5-11(6-4-10)12(19)16-8-13(14,15)9-18/h3-6,18H,7-9H2,1-2H3,(H,16,19). The molecule has 0 fully saturated rings. The quantitative estimate of drug-likeness (QED) is 0.815. The van der Waals surface area contributed by atoms with Gasteiger partial charge in [-0.15, -0.1) is 0 Å². The highest BCUT2D eigenvalue weighted by Gasteiger charge is 2.28. The maximum absolute atomic E-state index is 12.8. The zero-order valence-corrected chi connectivity index (χ0v) is 11.0. The summed E-state index contributed by atoms with van der Waals surface area (Å²) in [6.45, 7) is -1.42. The lowest BCUT2D eigenvalue weighted by Gasteiger charge is -2.14. The highest BCUT2D eigenvalue weighted by molar-refractivity contribution is 5.94. The Morgan fingerprint density at radius 3 is 2.37 bits per heavy atom. The number of amides is 1. The van der Waals surface area contributed by atoms with Gasteiger partial charge in [0.25, 0.3) is 11.8 Å². The van der Waals surface area contributed by atoms with E-state index >= 15 is 0 Å². The Bertz CT molecular complexity index is 419. The normalized spacial score (nSPS) is 11.7. The number of hydrogen-bond acceptors (Lipinski definition) is 3. The monoisotopic (exact) mass is 272 g/mol. The maximum Gasteiger partial charge on any atom is 0.287 e. The van der Waals surface area contributed by atoms with Crippen LogP contribution in [0.5, 0.6) is 0 Å². The number of rotatable bonds is 6. The number of alkyl halides is 2. The van der Waals surface area contributed by atoms with E-state index in [1.54, 1.807) is 24.3 Å². The van der Waals surface area contributed by atoms with E-state index in [9.17, 15) is 13.6 Å². The zero-order chi connectivity index (χ0) is 14.5. The van der Waals surface area contributed by atoms with Crippen molar-refractivity contribution in [3.63, 3.8) is 0 Å². The molecule has 106 valence electrons. The van der Waals surface area contributed by atoms with Crippen LogP contribution in [0.1, 0.15) is 15.9 Å². The lowest BCUT2D eigenvalue weighted by molar-refractivity contribution is -0.0462. The first-order valence-electron chi connectivity index (χ1n) is 5.84. The van der Waals surface area contributed by atoms with Gasteiger partial charge in [0, 0.05) is 12.1 Å². The van der Waals surface area contributed by atoms with Gasteiger partial charge in [0.2, 0.25) is 0 Å². The summed E-state index contributed by atoms with van der Waals surface area (Å²) in [5.41, 5.74) is 1.35. The summed E-state index contributed by atoms with van der Waals surface area (Å²) in [6, 6.07) is 6.73. The van der Waals surface area contributed by atoms with Crippen LogP contribution in [0.25, 0.3) is 0 Å². The molecule has 1 rings (SSSR count). The Labute approximate surface area is 111 Å². The van der Waals surface area contributed by atoms with Gasteiger partial charge in [-0.3, -0.25) is 4.79 Å². The first-order chi connectivity index (χ1) is 8.84. The second-order valence-corrected chi connectivity index (χ2v) is 4.63. The van der Waals surface area contributed by atoms with Gasteiger partial charge < -0.3 is 15.3 Å². The molecule has 0 atom stereocenters. The van der Waals surface area contributed by atoms with Crippen LogP contribution in [-0.4, -0.2) is 49.1 Å². The van der Waals surface area contributed by atoms with Crippen LogP contribution in [0.15, 0.2) is 24.3 Å². The minimum absolute atomic E-state index is 0.316. The fourth-order valence-corrected chi connectivity index (χ4v) is 1.49. The Hall–Kier alpha value is -1.53. The van der Waals surface area contributed by atoms with E-state index in [0.29, 0.717) is 5.56 Å². The van der Waals surface area contributed by atoms with Gasteiger partial charge in [-0.05, 0) is 31.8 Å². The van der Waals surface area contributed by atoms with Crippen LogP contribution in [0.3, 0.4) is 0 Å². The molecule has 19 heavy (non-hydrogen) atoms. The molecule has 0 bridgehead atoms. The lowest BCUT2D eigenvalue weighted by Crippen LogP contribution is -2.38. The molecule has 4 nitrogen and oxygen atoms in total. The van der Waals surface area contributed by atoms with E-state index in [1.807, 2.05) is 19.0 Å². The summed E-state index contributed by atoms with van der Waals surface area (Å²) in [4.78, 5) is 13.6. The third kappa shape index (κ3) is 5.32. The molecule has 2 N–H and O–H groups in total. The molecule has 1 amide bonds. The largest absolute Gasteiger partial charge is 0.390 e. The molecule has 0 spiro atoms. The first kappa shape index (κ1) is 15.5. The van der Waals surface area contributed by atoms with Crippen molar-refractivity contribution in [3.8, 4) is 0 Å². The molecule has 0 saturated carbocycles.